The van der Waals surface area contributed by atoms with Gasteiger partial charge >= 0.3 is 0 Å². The summed E-state index contributed by atoms with van der Waals surface area (Å²) in [4.78, 5) is 21.7. The fourth-order valence-electron chi connectivity index (χ4n) is 2.61. The van der Waals surface area contributed by atoms with Crippen LogP contribution in [0.2, 0.25) is 0 Å². The molecule has 4 nitrogen and oxygen atoms in total. The number of hydrogen-bond acceptors (Lipinski definition) is 3. The lowest BCUT2D eigenvalue weighted by molar-refractivity contribution is 0.678. The maximum absolute atomic E-state index is 12.0. The van der Waals surface area contributed by atoms with Gasteiger partial charge in [-0.1, -0.05) is 12.8 Å². The highest BCUT2D eigenvalue weighted by atomic mass is 127. The highest BCUT2D eigenvalue weighted by molar-refractivity contribution is 14.1. The molecule has 1 fully saturated rings. The van der Waals surface area contributed by atoms with Crippen LogP contribution in [-0.2, 0) is 0 Å². The topological polar surface area (TPSA) is 49.0 Å². The van der Waals surface area contributed by atoms with Crippen LogP contribution in [0.5, 0.6) is 0 Å². The molecule has 0 aromatic carbocycles. The summed E-state index contributed by atoms with van der Waals surface area (Å²) in [5.41, 5.74) is 1.02. The molecule has 100 valence electrons. The Morgan fingerprint density at radius 2 is 1.94 bits per heavy atom. The molecule has 1 N–H and O–H groups in total. The molecule has 1 saturated carbocycles. The normalized spacial score (nSPS) is 16.2. The number of aromatic amines is 1. The Hall–Kier alpha value is -0.590. The molecule has 1 aliphatic rings. The molecule has 2 rings (SSSR count). The van der Waals surface area contributed by atoms with Crippen LogP contribution in [0.3, 0.4) is 0 Å². The smallest absolute Gasteiger partial charge is 0.266 e. The molecule has 0 saturated heterocycles. The van der Waals surface area contributed by atoms with E-state index in [0.717, 1.165) is 28.3 Å². The van der Waals surface area contributed by atoms with Crippen molar-refractivity contribution >= 4 is 28.5 Å². The van der Waals surface area contributed by atoms with Crippen LogP contribution in [0.1, 0.15) is 51.1 Å². The first kappa shape index (κ1) is 13.8. The zero-order chi connectivity index (χ0) is 13.1. The number of H-pyrrole nitrogens is 1. The third-order valence-corrected chi connectivity index (χ3v) is 4.72. The van der Waals surface area contributed by atoms with Crippen molar-refractivity contribution in [3.05, 3.63) is 19.6 Å². The summed E-state index contributed by atoms with van der Waals surface area (Å²) >= 11 is 2.13. The van der Waals surface area contributed by atoms with Crippen molar-refractivity contribution in [1.82, 2.24) is 9.97 Å². The number of nitrogens with one attached hydrogen (secondary N) is 1. The van der Waals surface area contributed by atoms with E-state index in [0.29, 0.717) is 5.92 Å². The van der Waals surface area contributed by atoms with Crippen LogP contribution in [0.4, 0.5) is 5.95 Å². The quantitative estimate of drug-likeness (QED) is 0.839. The van der Waals surface area contributed by atoms with E-state index in [1.54, 1.807) is 0 Å². The van der Waals surface area contributed by atoms with Crippen LogP contribution in [-0.4, -0.2) is 23.1 Å². The second-order valence-electron chi connectivity index (χ2n) is 4.74. The van der Waals surface area contributed by atoms with Crippen LogP contribution in [0, 0.1) is 3.57 Å². The summed E-state index contributed by atoms with van der Waals surface area (Å²) in [6.45, 7) is 5.89. The summed E-state index contributed by atoms with van der Waals surface area (Å²) < 4.78 is 0.774. The molecule has 0 atom stereocenters. The largest absolute Gasteiger partial charge is 0.343 e. The van der Waals surface area contributed by atoms with E-state index in [9.17, 15) is 4.79 Å². The van der Waals surface area contributed by atoms with Crippen molar-refractivity contribution in [3.8, 4) is 0 Å². The molecule has 0 bridgehead atoms. The molecule has 0 amide bonds. The van der Waals surface area contributed by atoms with Crippen molar-refractivity contribution in [1.29, 1.82) is 0 Å². The van der Waals surface area contributed by atoms with E-state index >= 15 is 0 Å². The average Bonchev–Trinajstić information content (AvgIpc) is 2.88. The zero-order valence-corrected chi connectivity index (χ0v) is 13.2. The summed E-state index contributed by atoms with van der Waals surface area (Å²) in [6.07, 6.45) is 4.86. The second kappa shape index (κ2) is 6.04. The number of rotatable bonds is 4. The first-order valence-corrected chi connectivity index (χ1v) is 7.79. The van der Waals surface area contributed by atoms with Crippen molar-refractivity contribution in [3.63, 3.8) is 0 Å². The Labute approximate surface area is 121 Å². The summed E-state index contributed by atoms with van der Waals surface area (Å²) in [7, 11) is 0. The molecular weight excluding hydrogens is 341 g/mol. The molecule has 0 radical (unpaired) electrons. The van der Waals surface area contributed by atoms with E-state index in [1.165, 1.54) is 25.7 Å². The van der Waals surface area contributed by atoms with E-state index in [2.05, 4.69) is 46.3 Å². The fraction of sp³-hybridized carbons (Fsp3) is 0.692. The van der Waals surface area contributed by atoms with Crippen LogP contribution in [0.15, 0.2) is 4.79 Å². The minimum Gasteiger partial charge on any atom is -0.343 e. The van der Waals surface area contributed by atoms with E-state index < -0.39 is 0 Å². The summed E-state index contributed by atoms with van der Waals surface area (Å²) in [5, 5.41) is 0. The Morgan fingerprint density at radius 1 is 1.33 bits per heavy atom. The van der Waals surface area contributed by atoms with Gasteiger partial charge in [-0.05, 0) is 49.3 Å². The number of anilines is 1. The number of aromatic nitrogens is 2. The van der Waals surface area contributed by atoms with E-state index in [1.807, 2.05) is 0 Å². The predicted molar refractivity (Wildman–Crippen MR) is 82.3 cm³/mol. The molecule has 18 heavy (non-hydrogen) atoms. The minimum atomic E-state index is 0.00870. The molecule has 1 aromatic rings. The molecule has 5 heteroatoms. The fourth-order valence-corrected chi connectivity index (χ4v) is 3.30. The van der Waals surface area contributed by atoms with E-state index in [4.69, 9.17) is 4.98 Å². The van der Waals surface area contributed by atoms with Gasteiger partial charge in [0.05, 0.1) is 5.69 Å². The van der Waals surface area contributed by atoms with Gasteiger partial charge in [-0.25, -0.2) is 4.98 Å². The Bertz CT molecular complexity index is 462. The van der Waals surface area contributed by atoms with Gasteiger partial charge in [0, 0.05) is 19.0 Å². The molecule has 0 aliphatic heterocycles. The molecule has 1 heterocycles. The SMILES string of the molecule is CCN(CC)c1nc(C2CCCC2)c(I)c(=O)[nH]1. The van der Waals surface area contributed by atoms with Gasteiger partial charge in [0.1, 0.15) is 3.57 Å². The molecule has 0 unspecified atom stereocenters. The maximum atomic E-state index is 12.0. The Morgan fingerprint density at radius 3 is 2.50 bits per heavy atom. The van der Waals surface area contributed by atoms with Crippen molar-refractivity contribution in [2.45, 2.75) is 45.4 Å². The maximum Gasteiger partial charge on any atom is 0.266 e. The first-order chi connectivity index (χ1) is 8.67. The van der Waals surface area contributed by atoms with Gasteiger partial charge in [0.25, 0.3) is 5.56 Å². The predicted octanol–water partition coefficient (Wildman–Crippen LogP) is 2.88. The Balaban J connectivity index is 2.42. The van der Waals surface area contributed by atoms with Crippen molar-refractivity contribution in [2.24, 2.45) is 0 Å². The van der Waals surface area contributed by atoms with Crippen molar-refractivity contribution in [2.75, 3.05) is 18.0 Å². The Kier molecular flexibility index (Phi) is 4.64. The van der Waals surface area contributed by atoms with Gasteiger partial charge in [-0.3, -0.25) is 9.78 Å². The summed E-state index contributed by atoms with van der Waals surface area (Å²) in [6, 6.07) is 0. The lowest BCUT2D eigenvalue weighted by Crippen LogP contribution is -2.29. The van der Waals surface area contributed by atoms with Gasteiger partial charge in [0.2, 0.25) is 5.95 Å². The minimum absolute atomic E-state index is 0.00870. The molecule has 0 spiro atoms. The van der Waals surface area contributed by atoms with Crippen LogP contribution >= 0.6 is 22.6 Å². The third kappa shape index (κ3) is 2.70. The molecule has 1 aromatic heterocycles. The van der Waals surface area contributed by atoms with E-state index in [-0.39, 0.29) is 5.56 Å². The molecular formula is C13H20IN3O. The number of nitrogens with zero attached hydrogens (tertiary/aromatic N) is 2. The number of hydrogen-bond donors (Lipinski definition) is 1. The average molecular weight is 361 g/mol. The van der Waals surface area contributed by atoms with Crippen molar-refractivity contribution < 1.29 is 0 Å². The standard InChI is InChI=1S/C13H20IN3O/c1-3-17(4-2)13-15-11(9-7-5-6-8-9)10(14)12(18)16-13/h9H,3-8H2,1-2H3,(H,15,16,18). The lowest BCUT2D eigenvalue weighted by Gasteiger charge is -2.21. The molecule has 1 aliphatic carbocycles. The van der Waals surface area contributed by atoms with Gasteiger partial charge in [0.15, 0.2) is 0 Å². The third-order valence-electron chi connectivity index (χ3n) is 3.68. The zero-order valence-electron chi connectivity index (χ0n) is 11.0. The number of halogens is 1. The van der Waals surface area contributed by atoms with Gasteiger partial charge in [-0.2, -0.15) is 0 Å². The van der Waals surface area contributed by atoms with Gasteiger partial charge in [-0.15, -0.1) is 0 Å². The second-order valence-corrected chi connectivity index (χ2v) is 5.82. The van der Waals surface area contributed by atoms with Crippen LogP contribution in [0.25, 0.3) is 0 Å². The summed E-state index contributed by atoms with van der Waals surface area (Å²) in [5.74, 6) is 1.21. The lowest BCUT2D eigenvalue weighted by atomic mass is 10.0. The first-order valence-electron chi connectivity index (χ1n) is 6.72. The highest BCUT2D eigenvalue weighted by Crippen LogP contribution is 2.34. The highest BCUT2D eigenvalue weighted by Gasteiger charge is 2.23. The van der Waals surface area contributed by atoms with Crippen LogP contribution < -0.4 is 10.5 Å². The van der Waals surface area contributed by atoms with Gasteiger partial charge < -0.3 is 4.90 Å². The monoisotopic (exact) mass is 361 g/mol.